The van der Waals surface area contributed by atoms with Crippen molar-refractivity contribution in [1.29, 1.82) is 0 Å². The molecule has 130 valence electrons. The molecule has 2 aromatic carbocycles. The SMILES string of the molecule is COC(=O)C(C)Oc1ccc(N(C)c2nc3cc(Cl)ccc3s2)cc1. The van der Waals surface area contributed by atoms with Gasteiger partial charge in [0.2, 0.25) is 0 Å². The van der Waals surface area contributed by atoms with Crippen LogP contribution in [0, 0.1) is 0 Å². The summed E-state index contributed by atoms with van der Waals surface area (Å²) in [4.78, 5) is 18.0. The normalized spacial score (nSPS) is 12.0. The summed E-state index contributed by atoms with van der Waals surface area (Å²) in [5, 5.41) is 1.54. The molecule has 0 aliphatic rings. The molecule has 1 unspecified atom stereocenters. The van der Waals surface area contributed by atoms with Gasteiger partial charge in [-0.05, 0) is 49.4 Å². The minimum atomic E-state index is -0.650. The summed E-state index contributed by atoms with van der Waals surface area (Å²) in [6, 6.07) is 13.1. The number of carbonyl (C=O) groups excluding carboxylic acids is 1. The van der Waals surface area contributed by atoms with Gasteiger partial charge in [0.05, 0.1) is 17.3 Å². The highest BCUT2D eigenvalue weighted by Gasteiger charge is 2.15. The lowest BCUT2D eigenvalue weighted by Gasteiger charge is -2.17. The van der Waals surface area contributed by atoms with Crippen LogP contribution in [0.1, 0.15) is 6.92 Å². The molecular formula is C18H17ClN2O3S. The van der Waals surface area contributed by atoms with Gasteiger partial charge in [0.25, 0.3) is 0 Å². The van der Waals surface area contributed by atoms with E-state index in [1.807, 2.05) is 54.4 Å². The number of ether oxygens (including phenoxy) is 2. The Hall–Kier alpha value is -2.31. The molecule has 0 aliphatic carbocycles. The predicted molar refractivity (Wildman–Crippen MR) is 101 cm³/mol. The Kier molecular flexibility index (Phi) is 5.11. The van der Waals surface area contributed by atoms with Gasteiger partial charge < -0.3 is 14.4 Å². The first-order valence-electron chi connectivity index (χ1n) is 7.62. The van der Waals surface area contributed by atoms with Gasteiger partial charge in [-0.3, -0.25) is 0 Å². The van der Waals surface area contributed by atoms with Gasteiger partial charge in [0.15, 0.2) is 11.2 Å². The molecule has 1 heterocycles. The van der Waals surface area contributed by atoms with Gasteiger partial charge in [-0.1, -0.05) is 22.9 Å². The van der Waals surface area contributed by atoms with E-state index in [-0.39, 0.29) is 0 Å². The fraction of sp³-hybridized carbons (Fsp3) is 0.222. The zero-order valence-corrected chi connectivity index (χ0v) is 15.6. The summed E-state index contributed by atoms with van der Waals surface area (Å²) in [7, 11) is 3.29. The molecule has 0 fully saturated rings. The molecule has 0 saturated carbocycles. The van der Waals surface area contributed by atoms with E-state index < -0.39 is 12.1 Å². The van der Waals surface area contributed by atoms with E-state index in [1.54, 1.807) is 18.3 Å². The number of nitrogens with zero attached hydrogens (tertiary/aromatic N) is 2. The molecule has 5 nitrogen and oxygen atoms in total. The van der Waals surface area contributed by atoms with E-state index in [0.717, 1.165) is 21.0 Å². The minimum absolute atomic E-state index is 0.408. The Bertz CT molecular complexity index is 895. The fourth-order valence-corrected chi connectivity index (χ4v) is 3.40. The van der Waals surface area contributed by atoms with Gasteiger partial charge in [0.1, 0.15) is 5.75 Å². The highest BCUT2D eigenvalue weighted by Crippen LogP contribution is 2.33. The number of esters is 1. The first kappa shape index (κ1) is 17.5. The number of benzene rings is 2. The predicted octanol–water partition coefficient (Wildman–Crippen LogP) is 4.66. The fourth-order valence-electron chi connectivity index (χ4n) is 2.31. The third-order valence-electron chi connectivity index (χ3n) is 3.70. The van der Waals surface area contributed by atoms with Crippen molar-refractivity contribution in [1.82, 2.24) is 4.98 Å². The second-order valence-electron chi connectivity index (χ2n) is 5.44. The van der Waals surface area contributed by atoms with Crippen molar-refractivity contribution >= 4 is 49.9 Å². The zero-order valence-electron chi connectivity index (χ0n) is 14.0. The van der Waals surface area contributed by atoms with E-state index in [4.69, 9.17) is 16.3 Å². The monoisotopic (exact) mass is 376 g/mol. The summed E-state index contributed by atoms with van der Waals surface area (Å²) < 4.78 is 11.3. The minimum Gasteiger partial charge on any atom is -0.479 e. The summed E-state index contributed by atoms with van der Waals surface area (Å²) >= 11 is 7.61. The molecule has 0 amide bonds. The van der Waals surface area contributed by atoms with Crippen molar-refractivity contribution in [3.05, 3.63) is 47.5 Å². The second-order valence-corrected chi connectivity index (χ2v) is 6.89. The molecule has 0 radical (unpaired) electrons. The van der Waals surface area contributed by atoms with E-state index in [9.17, 15) is 4.79 Å². The molecule has 0 saturated heterocycles. The van der Waals surface area contributed by atoms with Crippen LogP contribution in [0.25, 0.3) is 10.2 Å². The maximum Gasteiger partial charge on any atom is 0.346 e. The van der Waals surface area contributed by atoms with Crippen LogP contribution in [0.15, 0.2) is 42.5 Å². The van der Waals surface area contributed by atoms with E-state index in [0.29, 0.717) is 10.8 Å². The summed E-state index contributed by atoms with van der Waals surface area (Å²) in [5.41, 5.74) is 1.84. The lowest BCUT2D eigenvalue weighted by molar-refractivity contribution is -0.147. The molecule has 0 bridgehead atoms. The lowest BCUT2D eigenvalue weighted by Crippen LogP contribution is -2.24. The average Bonchev–Trinajstić information content (AvgIpc) is 3.04. The van der Waals surface area contributed by atoms with Crippen molar-refractivity contribution in [3.63, 3.8) is 0 Å². The number of hydrogen-bond acceptors (Lipinski definition) is 6. The van der Waals surface area contributed by atoms with Crippen LogP contribution >= 0.6 is 22.9 Å². The standard InChI is InChI=1S/C18H17ClN2O3S/c1-11(17(22)23-3)24-14-7-5-13(6-8-14)21(2)18-20-15-10-12(19)4-9-16(15)25-18/h4-11H,1-3H3. The number of rotatable bonds is 5. The first-order chi connectivity index (χ1) is 12.0. The third kappa shape index (κ3) is 3.86. The van der Waals surface area contributed by atoms with Gasteiger partial charge in [-0.25, -0.2) is 9.78 Å². The molecule has 1 aromatic heterocycles. The van der Waals surface area contributed by atoms with Crippen molar-refractivity contribution in [2.75, 3.05) is 19.1 Å². The Morgan fingerprint density at radius 2 is 1.96 bits per heavy atom. The maximum atomic E-state index is 11.4. The molecule has 7 heteroatoms. The van der Waals surface area contributed by atoms with Crippen LogP contribution in [-0.4, -0.2) is 31.2 Å². The summed E-state index contributed by atoms with van der Waals surface area (Å²) in [6.07, 6.45) is -0.650. The Morgan fingerprint density at radius 1 is 1.24 bits per heavy atom. The number of fused-ring (bicyclic) bond motifs is 1. The van der Waals surface area contributed by atoms with Crippen LogP contribution in [-0.2, 0) is 9.53 Å². The highest BCUT2D eigenvalue weighted by atomic mass is 35.5. The molecule has 1 atom stereocenters. The largest absolute Gasteiger partial charge is 0.479 e. The number of methoxy groups -OCH3 is 1. The number of halogens is 1. The molecule has 25 heavy (non-hydrogen) atoms. The molecular weight excluding hydrogens is 360 g/mol. The third-order valence-corrected chi connectivity index (χ3v) is 5.04. The quantitative estimate of drug-likeness (QED) is 0.606. The number of aromatic nitrogens is 1. The number of anilines is 2. The Balaban J connectivity index is 1.77. The highest BCUT2D eigenvalue weighted by molar-refractivity contribution is 7.22. The first-order valence-corrected chi connectivity index (χ1v) is 8.82. The van der Waals surface area contributed by atoms with Gasteiger partial charge in [0, 0.05) is 17.8 Å². The molecule has 3 rings (SSSR count). The number of hydrogen-bond donors (Lipinski definition) is 0. The van der Waals surface area contributed by atoms with Gasteiger partial charge in [-0.2, -0.15) is 0 Å². The molecule has 3 aromatic rings. The summed E-state index contributed by atoms with van der Waals surface area (Å²) in [6.45, 7) is 1.65. The number of carbonyl (C=O) groups is 1. The van der Waals surface area contributed by atoms with Crippen LogP contribution in [0.4, 0.5) is 10.8 Å². The molecule has 0 aliphatic heterocycles. The van der Waals surface area contributed by atoms with Gasteiger partial charge >= 0.3 is 5.97 Å². The van der Waals surface area contributed by atoms with Crippen LogP contribution in [0.3, 0.4) is 0 Å². The molecule has 0 spiro atoms. The smallest absolute Gasteiger partial charge is 0.346 e. The Morgan fingerprint density at radius 3 is 2.64 bits per heavy atom. The van der Waals surface area contributed by atoms with E-state index in [1.165, 1.54) is 7.11 Å². The van der Waals surface area contributed by atoms with Crippen LogP contribution in [0.5, 0.6) is 5.75 Å². The summed E-state index contributed by atoms with van der Waals surface area (Å²) in [5.74, 6) is 0.195. The topological polar surface area (TPSA) is 51.7 Å². The van der Waals surface area contributed by atoms with E-state index in [2.05, 4.69) is 9.72 Å². The van der Waals surface area contributed by atoms with Crippen molar-refractivity contribution in [2.24, 2.45) is 0 Å². The lowest BCUT2D eigenvalue weighted by atomic mass is 10.3. The van der Waals surface area contributed by atoms with Crippen molar-refractivity contribution < 1.29 is 14.3 Å². The maximum absolute atomic E-state index is 11.4. The van der Waals surface area contributed by atoms with Crippen molar-refractivity contribution in [3.8, 4) is 5.75 Å². The van der Waals surface area contributed by atoms with Crippen LogP contribution in [0.2, 0.25) is 5.02 Å². The zero-order chi connectivity index (χ0) is 18.0. The van der Waals surface area contributed by atoms with E-state index >= 15 is 0 Å². The second kappa shape index (κ2) is 7.29. The van der Waals surface area contributed by atoms with Gasteiger partial charge in [-0.15, -0.1) is 0 Å². The van der Waals surface area contributed by atoms with Crippen LogP contribution < -0.4 is 9.64 Å². The van der Waals surface area contributed by atoms with Crippen molar-refractivity contribution in [2.45, 2.75) is 13.0 Å². The average molecular weight is 377 g/mol. The molecule has 0 N–H and O–H groups in total. The Labute approximate surface area is 154 Å². The number of thiazole rings is 1.